The highest BCUT2D eigenvalue weighted by molar-refractivity contribution is 6.15. The van der Waals surface area contributed by atoms with Gasteiger partial charge in [0.25, 0.3) is 0 Å². The monoisotopic (exact) mass is 475 g/mol. The molecule has 0 bridgehead atoms. The van der Waals surface area contributed by atoms with Gasteiger partial charge in [0.05, 0.1) is 5.52 Å². The van der Waals surface area contributed by atoms with Crippen LogP contribution in [0.2, 0.25) is 0 Å². The first kappa shape index (κ1) is 20.6. The number of fused-ring (bicyclic) bond motifs is 8. The summed E-state index contributed by atoms with van der Waals surface area (Å²) in [4.78, 5) is 0. The molecule has 0 N–H and O–H groups in total. The standard InChI is InChI=1S/C35H25NO/c1-21-13-14-22-15-17-30-34(33(21)22)28-11-6-10-26(35(28)36(30)2)25-8-5-7-23(19-25)24-16-18-32-29(20-24)27-9-3-4-12-31(27)37-32/h3-21H,1-2H3/t21-/m1/s1. The summed E-state index contributed by atoms with van der Waals surface area (Å²) in [5.41, 5.74) is 12.1. The van der Waals surface area contributed by atoms with Crippen LogP contribution < -0.4 is 0 Å². The Morgan fingerprint density at radius 3 is 2.41 bits per heavy atom. The summed E-state index contributed by atoms with van der Waals surface area (Å²) in [5, 5.41) is 5.04. The number of rotatable bonds is 2. The molecule has 0 aliphatic heterocycles. The van der Waals surface area contributed by atoms with Crippen LogP contribution in [-0.4, -0.2) is 4.57 Å². The highest BCUT2D eigenvalue weighted by atomic mass is 16.3. The van der Waals surface area contributed by atoms with E-state index in [4.69, 9.17) is 4.42 Å². The second kappa shape index (κ2) is 7.47. The van der Waals surface area contributed by atoms with Crippen molar-refractivity contribution in [3.05, 3.63) is 114 Å². The van der Waals surface area contributed by atoms with Crippen LogP contribution >= 0.6 is 0 Å². The van der Waals surface area contributed by atoms with Crippen LogP contribution in [0.15, 0.2) is 108 Å². The minimum absolute atomic E-state index is 0.435. The van der Waals surface area contributed by atoms with Gasteiger partial charge in [-0.15, -0.1) is 0 Å². The first-order valence-electron chi connectivity index (χ1n) is 12.9. The fourth-order valence-electron chi connectivity index (χ4n) is 6.40. The minimum atomic E-state index is 0.435. The van der Waals surface area contributed by atoms with Crippen molar-refractivity contribution in [1.29, 1.82) is 0 Å². The highest BCUT2D eigenvalue weighted by Gasteiger charge is 2.22. The van der Waals surface area contributed by atoms with Crippen LogP contribution in [0.4, 0.5) is 0 Å². The van der Waals surface area contributed by atoms with Crippen LogP contribution in [0.25, 0.3) is 72.1 Å². The maximum atomic E-state index is 6.06. The maximum Gasteiger partial charge on any atom is 0.135 e. The number of allylic oxidation sites excluding steroid dienone is 1. The van der Waals surface area contributed by atoms with Crippen LogP contribution in [0.1, 0.15) is 24.0 Å². The molecule has 1 aliphatic carbocycles. The molecular formula is C35H25NO. The van der Waals surface area contributed by atoms with E-state index in [2.05, 4.69) is 116 Å². The molecule has 0 fully saturated rings. The second-order valence-electron chi connectivity index (χ2n) is 10.3. The first-order chi connectivity index (χ1) is 18.2. The molecule has 37 heavy (non-hydrogen) atoms. The largest absolute Gasteiger partial charge is 0.456 e. The summed E-state index contributed by atoms with van der Waals surface area (Å²) in [6.07, 6.45) is 4.59. The van der Waals surface area contributed by atoms with Gasteiger partial charge < -0.3 is 8.98 Å². The summed E-state index contributed by atoms with van der Waals surface area (Å²) in [7, 11) is 2.20. The minimum Gasteiger partial charge on any atom is -0.456 e. The van der Waals surface area contributed by atoms with Crippen molar-refractivity contribution >= 4 is 49.8 Å². The lowest BCUT2D eigenvalue weighted by molar-refractivity contribution is 0.669. The van der Waals surface area contributed by atoms with Crippen molar-refractivity contribution in [1.82, 2.24) is 4.57 Å². The summed E-state index contributed by atoms with van der Waals surface area (Å²) in [6.45, 7) is 2.30. The molecule has 2 heterocycles. The molecule has 5 aromatic carbocycles. The molecule has 2 aromatic heterocycles. The molecule has 0 saturated carbocycles. The van der Waals surface area contributed by atoms with Crippen molar-refractivity contribution in [2.75, 3.05) is 0 Å². The highest BCUT2D eigenvalue weighted by Crippen LogP contribution is 2.43. The number of nitrogens with zero attached hydrogens (tertiary/aromatic N) is 1. The Hall–Kier alpha value is -4.56. The molecule has 0 saturated heterocycles. The van der Waals surface area contributed by atoms with Gasteiger partial charge in [-0.05, 0) is 58.1 Å². The molecule has 7 aromatic rings. The van der Waals surface area contributed by atoms with E-state index >= 15 is 0 Å². The predicted octanol–water partition coefficient (Wildman–Crippen LogP) is 9.70. The summed E-state index contributed by atoms with van der Waals surface area (Å²) in [6, 6.07) is 35.0. The Kier molecular flexibility index (Phi) is 4.16. The number of furan rings is 1. The Labute approximate surface area is 215 Å². The average Bonchev–Trinajstić information content (AvgIpc) is 3.60. The third-order valence-corrected chi connectivity index (χ3v) is 8.16. The quantitative estimate of drug-likeness (QED) is 0.243. The van der Waals surface area contributed by atoms with Crippen LogP contribution in [0.3, 0.4) is 0 Å². The van der Waals surface area contributed by atoms with Gasteiger partial charge in [-0.25, -0.2) is 0 Å². The van der Waals surface area contributed by atoms with Gasteiger partial charge >= 0.3 is 0 Å². The number of aromatic nitrogens is 1. The zero-order valence-electron chi connectivity index (χ0n) is 20.8. The zero-order valence-corrected chi connectivity index (χ0v) is 20.8. The van der Waals surface area contributed by atoms with Crippen LogP contribution in [0.5, 0.6) is 0 Å². The summed E-state index contributed by atoms with van der Waals surface area (Å²) in [5.74, 6) is 0.435. The Balaban J connectivity index is 1.33. The van der Waals surface area contributed by atoms with Gasteiger partial charge in [0.2, 0.25) is 0 Å². The van der Waals surface area contributed by atoms with E-state index < -0.39 is 0 Å². The normalized spacial score (nSPS) is 14.9. The number of benzene rings is 5. The number of hydrogen-bond acceptors (Lipinski definition) is 1. The first-order valence-corrected chi connectivity index (χ1v) is 12.9. The van der Waals surface area contributed by atoms with E-state index in [0.717, 1.165) is 21.9 Å². The van der Waals surface area contributed by atoms with Gasteiger partial charge in [-0.1, -0.05) is 85.8 Å². The molecule has 0 unspecified atom stereocenters. The maximum absolute atomic E-state index is 6.06. The lowest BCUT2D eigenvalue weighted by Gasteiger charge is -2.10. The number of hydrogen-bond donors (Lipinski definition) is 0. The van der Waals surface area contributed by atoms with Crippen LogP contribution in [-0.2, 0) is 7.05 Å². The van der Waals surface area contributed by atoms with Crippen LogP contribution in [0, 0.1) is 0 Å². The van der Waals surface area contributed by atoms with Gasteiger partial charge in [-0.3, -0.25) is 0 Å². The summed E-state index contributed by atoms with van der Waals surface area (Å²) >= 11 is 0. The predicted molar refractivity (Wildman–Crippen MR) is 156 cm³/mol. The third kappa shape index (κ3) is 2.87. The lowest BCUT2D eigenvalue weighted by atomic mass is 9.94. The van der Waals surface area contributed by atoms with Gasteiger partial charge in [0.1, 0.15) is 11.2 Å². The van der Waals surface area contributed by atoms with Crippen molar-refractivity contribution < 1.29 is 4.42 Å². The molecule has 2 heteroatoms. The number of aryl methyl sites for hydroxylation is 1. The Bertz CT molecular complexity index is 2070. The van der Waals surface area contributed by atoms with Crippen molar-refractivity contribution in [2.45, 2.75) is 12.8 Å². The van der Waals surface area contributed by atoms with E-state index in [0.29, 0.717) is 5.92 Å². The molecule has 1 aliphatic rings. The summed E-state index contributed by atoms with van der Waals surface area (Å²) < 4.78 is 8.44. The number of para-hydroxylation sites is 2. The Morgan fingerprint density at radius 2 is 1.46 bits per heavy atom. The molecule has 176 valence electrons. The molecule has 8 rings (SSSR count). The van der Waals surface area contributed by atoms with Gasteiger partial charge in [-0.2, -0.15) is 0 Å². The Morgan fingerprint density at radius 1 is 0.676 bits per heavy atom. The fourth-order valence-corrected chi connectivity index (χ4v) is 6.40. The van der Waals surface area contributed by atoms with Crippen molar-refractivity contribution in [2.24, 2.45) is 7.05 Å². The molecule has 2 nitrogen and oxygen atoms in total. The topological polar surface area (TPSA) is 18.1 Å². The lowest BCUT2D eigenvalue weighted by Crippen LogP contribution is -1.91. The molecule has 1 atom stereocenters. The van der Waals surface area contributed by atoms with E-state index in [9.17, 15) is 0 Å². The molecule has 0 amide bonds. The average molecular weight is 476 g/mol. The van der Waals surface area contributed by atoms with E-state index in [1.807, 2.05) is 12.1 Å². The van der Waals surface area contributed by atoms with E-state index in [1.54, 1.807) is 0 Å². The smallest absolute Gasteiger partial charge is 0.135 e. The third-order valence-electron chi connectivity index (χ3n) is 8.16. The molecule has 0 radical (unpaired) electrons. The van der Waals surface area contributed by atoms with Crippen molar-refractivity contribution in [3.8, 4) is 22.3 Å². The molecule has 0 spiro atoms. The second-order valence-corrected chi connectivity index (χ2v) is 10.3. The SMILES string of the molecule is C[C@@H]1C=Cc2ccc3c(c21)c1cccc(-c2cccc(-c4ccc5oc6ccccc6c5c4)c2)c1n3C. The fraction of sp³-hybridized carbons (Fsp3) is 0.0857. The van der Waals surface area contributed by atoms with Gasteiger partial charge in [0, 0.05) is 45.6 Å². The van der Waals surface area contributed by atoms with Gasteiger partial charge in [0.15, 0.2) is 0 Å². The van der Waals surface area contributed by atoms with E-state index in [1.165, 1.54) is 55.2 Å². The van der Waals surface area contributed by atoms with Crippen molar-refractivity contribution in [3.63, 3.8) is 0 Å². The molecular weight excluding hydrogens is 450 g/mol. The zero-order chi connectivity index (χ0) is 24.7. The van der Waals surface area contributed by atoms with E-state index in [-0.39, 0.29) is 0 Å².